The molecule has 2 nitrogen and oxygen atoms in total. The standard InChI is InChI=1S/C16H14F2N2/c17-13-6-5-11(15(18)7-13)9-20-10-12(8-19)14-3-1-2-4-16(14)20/h1-7,10H,8-9,19H2. The highest BCUT2D eigenvalue weighted by molar-refractivity contribution is 5.84. The van der Waals surface area contributed by atoms with Crippen LogP contribution in [-0.4, -0.2) is 4.57 Å². The van der Waals surface area contributed by atoms with Gasteiger partial charge in [0.25, 0.3) is 0 Å². The van der Waals surface area contributed by atoms with Gasteiger partial charge in [0.05, 0.1) is 6.54 Å². The zero-order chi connectivity index (χ0) is 14.1. The maximum Gasteiger partial charge on any atom is 0.131 e. The number of hydrogen-bond donors (Lipinski definition) is 1. The Morgan fingerprint density at radius 3 is 2.55 bits per heavy atom. The average molecular weight is 272 g/mol. The van der Waals surface area contributed by atoms with Gasteiger partial charge in [0.2, 0.25) is 0 Å². The van der Waals surface area contributed by atoms with Crippen molar-refractivity contribution in [2.75, 3.05) is 0 Å². The first-order valence-electron chi connectivity index (χ1n) is 6.40. The van der Waals surface area contributed by atoms with Crippen LogP contribution >= 0.6 is 0 Å². The molecule has 3 aromatic rings. The summed E-state index contributed by atoms with van der Waals surface area (Å²) in [6, 6.07) is 11.5. The minimum atomic E-state index is -0.564. The first-order chi connectivity index (χ1) is 9.69. The predicted octanol–water partition coefficient (Wildman–Crippen LogP) is 3.43. The fourth-order valence-corrected chi connectivity index (χ4v) is 2.45. The number of nitrogens with zero attached hydrogens (tertiary/aromatic N) is 1. The normalized spacial score (nSPS) is 11.2. The molecule has 4 heteroatoms. The number of para-hydroxylation sites is 1. The van der Waals surface area contributed by atoms with Crippen molar-refractivity contribution in [2.45, 2.75) is 13.1 Å². The van der Waals surface area contributed by atoms with Crippen LogP contribution in [0.5, 0.6) is 0 Å². The van der Waals surface area contributed by atoms with Crippen LogP contribution in [0.4, 0.5) is 8.78 Å². The van der Waals surface area contributed by atoms with Gasteiger partial charge in [-0.1, -0.05) is 24.3 Å². The fraction of sp³-hybridized carbons (Fsp3) is 0.125. The van der Waals surface area contributed by atoms with E-state index < -0.39 is 11.6 Å². The molecule has 1 heterocycles. The van der Waals surface area contributed by atoms with Crippen molar-refractivity contribution in [1.82, 2.24) is 4.57 Å². The quantitative estimate of drug-likeness (QED) is 0.778. The molecule has 0 aliphatic carbocycles. The molecule has 0 radical (unpaired) electrons. The number of hydrogen-bond acceptors (Lipinski definition) is 1. The van der Waals surface area contributed by atoms with E-state index in [2.05, 4.69) is 0 Å². The Morgan fingerprint density at radius 2 is 1.80 bits per heavy atom. The van der Waals surface area contributed by atoms with Gasteiger partial charge in [0, 0.05) is 35.3 Å². The molecule has 102 valence electrons. The van der Waals surface area contributed by atoms with Crippen LogP contribution in [0.25, 0.3) is 10.9 Å². The lowest BCUT2D eigenvalue weighted by Gasteiger charge is -2.07. The van der Waals surface area contributed by atoms with E-state index >= 15 is 0 Å². The van der Waals surface area contributed by atoms with Gasteiger partial charge in [-0.25, -0.2) is 8.78 Å². The second-order valence-corrected chi connectivity index (χ2v) is 4.74. The number of fused-ring (bicyclic) bond motifs is 1. The van der Waals surface area contributed by atoms with Crippen molar-refractivity contribution in [3.63, 3.8) is 0 Å². The maximum absolute atomic E-state index is 13.7. The van der Waals surface area contributed by atoms with Crippen LogP contribution in [0, 0.1) is 11.6 Å². The summed E-state index contributed by atoms with van der Waals surface area (Å²) in [6.45, 7) is 0.784. The summed E-state index contributed by atoms with van der Waals surface area (Å²) >= 11 is 0. The molecule has 1 aromatic heterocycles. The van der Waals surface area contributed by atoms with E-state index in [0.29, 0.717) is 18.7 Å². The molecule has 0 aliphatic heterocycles. The van der Waals surface area contributed by atoms with Gasteiger partial charge < -0.3 is 10.3 Å². The highest BCUT2D eigenvalue weighted by Crippen LogP contribution is 2.22. The van der Waals surface area contributed by atoms with Crippen molar-refractivity contribution in [3.05, 3.63) is 71.4 Å². The second kappa shape index (κ2) is 5.06. The Labute approximate surface area is 115 Å². The van der Waals surface area contributed by atoms with Crippen molar-refractivity contribution in [1.29, 1.82) is 0 Å². The molecule has 3 rings (SSSR count). The maximum atomic E-state index is 13.7. The summed E-state index contributed by atoms with van der Waals surface area (Å²) in [7, 11) is 0. The van der Waals surface area contributed by atoms with E-state index in [9.17, 15) is 8.78 Å². The molecular weight excluding hydrogens is 258 g/mol. The first kappa shape index (κ1) is 12.8. The molecule has 0 amide bonds. The van der Waals surface area contributed by atoms with Crippen LogP contribution in [0.1, 0.15) is 11.1 Å². The molecule has 20 heavy (non-hydrogen) atoms. The predicted molar refractivity (Wildman–Crippen MR) is 75.3 cm³/mol. The number of aromatic nitrogens is 1. The van der Waals surface area contributed by atoms with E-state index in [4.69, 9.17) is 5.73 Å². The van der Waals surface area contributed by atoms with Gasteiger partial charge in [-0.3, -0.25) is 0 Å². The van der Waals surface area contributed by atoms with Gasteiger partial charge >= 0.3 is 0 Å². The molecule has 0 unspecified atom stereocenters. The third kappa shape index (κ3) is 2.18. The van der Waals surface area contributed by atoms with Crippen LogP contribution in [0.3, 0.4) is 0 Å². The summed E-state index contributed by atoms with van der Waals surface area (Å²) < 4.78 is 28.6. The highest BCUT2D eigenvalue weighted by atomic mass is 19.1. The van der Waals surface area contributed by atoms with Crippen molar-refractivity contribution in [3.8, 4) is 0 Å². The van der Waals surface area contributed by atoms with Crippen molar-refractivity contribution < 1.29 is 8.78 Å². The van der Waals surface area contributed by atoms with Crippen LogP contribution in [-0.2, 0) is 13.1 Å². The van der Waals surface area contributed by atoms with Gasteiger partial charge in [0.1, 0.15) is 11.6 Å². The van der Waals surface area contributed by atoms with Gasteiger partial charge in [-0.15, -0.1) is 0 Å². The summed E-state index contributed by atoms with van der Waals surface area (Å²) in [5.41, 5.74) is 8.20. The molecule has 0 atom stereocenters. The van der Waals surface area contributed by atoms with Crippen LogP contribution in [0.2, 0.25) is 0 Å². The van der Waals surface area contributed by atoms with E-state index in [-0.39, 0.29) is 0 Å². The molecule has 2 N–H and O–H groups in total. The van der Waals surface area contributed by atoms with Gasteiger partial charge in [-0.05, 0) is 17.7 Å². The Balaban J connectivity index is 2.06. The Morgan fingerprint density at radius 1 is 1.00 bits per heavy atom. The fourth-order valence-electron chi connectivity index (χ4n) is 2.45. The lowest BCUT2D eigenvalue weighted by Crippen LogP contribution is -2.01. The molecule has 0 spiro atoms. The number of halogens is 2. The van der Waals surface area contributed by atoms with Crippen LogP contribution in [0.15, 0.2) is 48.7 Å². The van der Waals surface area contributed by atoms with E-state index in [1.165, 1.54) is 12.1 Å². The topological polar surface area (TPSA) is 30.9 Å². The minimum Gasteiger partial charge on any atom is -0.343 e. The third-order valence-electron chi connectivity index (χ3n) is 3.45. The largest absolute Gasteiger partial charge is 0.343 e. The molecule has 0 bridgehead atoms. The molecular formula is C16H14F2N2. The molecule has 0 saturated carbocycles. The lowest BCUT2D eigenvalue weighted by molar-refractivity contribution is 0.567. The summed E-state index contributed by atoms with van der Waals surface area (Å²) in [4.78, 5) is 0. The Kier molecular flexibility index (Phi) is 3.24. The number of benzene rings is 2. The molecule has 2 aromatic carbocycles. The van der Waals surface area contributed by atoms with Gasteiger partial charge in [0.15, 0.2) is 0 Å². The Bertz CT molecular complexity index is 762. The summed E-state index contributed by atoms with van der Waals surface area (Å²) in [6.07, 6.45) is 1.92. The van der Waals surface area contributed by atoms with Crippen molar-refractivity contribution in [2.24, 2.45) is 5.73 Å². The zero-order valence-electron chi connectivity index (χ0n) is 10.8. The second-order valence-electron chi connectivity index (χ2n) is 4.74. The molecule has 0 saturated heterocycles. The minimum absolute atomic E-state index is 0.354. The third-order valence-corrected chi connectivity index (χ3v) is 3.45. The average Bonchev–Trinajstić information content (AvgIpc) is 2.80. The molecule has 0 fully saturated rings. The SMILES string of the molecule is NCc1cn(Cc2ccc(F)cc2F)c2ccccc12. The van der Waals surface area contributed by atoms with E-state index in [0.717, 1.165) is 22.5 Å². The Hall–Kier alpha value is -2.20. The number of rotatable bonds is 3. The van der Waals surface area contributed by atoms with Crippen LogP contribution < -0.4 is 5.73 Å². The monoisotopic (exact) mass is 272 g/mol. The smallest absolute Gasteiger partial charge is 0.131 e. The highest BCUT2D eigenvalue weighted by Gasteiger charge is 2.09. The summed E-state index contributed by atoms with van der Waals surface area (Å²) in [5.74, 6) is -1.09. The number of nitrogens with two attached hydrogens (primary N) is 1. The van der Waals surface area contributed by atoms with E-state index in [1.807, 2.05) is 35.0 Å². The lowest BCUT2D eigenvalue weighted by atomic mass is 10.2. The van der Waals surface area contributed by atoms with E-state index in [1.54, 1.807) is 0 Å². The zero-order valence-corrected chi connectivity index (χ0v) is 10.8. The molecule has 0 aliphatic rings. The van der Waals surface area contributed by atoms with Gasteiger partial charge in [-0.2, -0.15) is 0 Å². The summed E-state index contributed by atoms with van der Waals surface area (Å²) in [5, 5.41) is 1.07. The first-order valence-corrected chi connectivity index (χ1v) is 6.40. The van der Waals surface area contributed by atoms with Crippen molar-refractivity contribution >= 4 is 10.9 Å².